The third-order valence-electron chi connectivity index (χ3n) is 2.04. The second kappa shape index (κ2) is 3.85. The average Bonchev–Trinajstić information content (AvgIpc) is 2.75. The number of hydrogen-bond acceptors (Lipinski definition) is 5. The molecule has 2 rings (SSSR count). The van der Waals surface area contributed by atoms with Crippen molar-refractivity contribution in [3.05, 3.63) is 17.7 Å². The van der Waals surface area contributed by atoms with Gasteiger partial charge in [-0.15, -0.1) is 10.2 Å². The number of carbonyl (C=O) groups is 1. The summed E-state index contributed by atoms with van der Waals surface area (Å²) in [5.74, 6) is -0.195. The fourth-order valence-electron chi connectivity index (χ4n) is 1.35. The van der Waals surface area contributed by atoms with E-state index in [1.165, 1.54) is 11.3 Å². The summed E-state index contributed by atoms with van der Waals surface area (Å²) in [7, 11) is 0. The van der Waals surface area contributed by atoms with Crippen LogP contribution in [0, 0.1) is 5.92 Å². The average molecular weight is 210 g/mol. The van der Waals surface area contributed by atoms with Crippen LogP contribution in [0.2, 0.25) is 0 Å². The Balaban J connectivity index is 1.94. The van der Waals surface area contributed by atoms with E-state index < -0.39 is 0 Å². The number of nitrogens with one attached hydrogen (secondary N) is 1. The number of aromatic nitrogens is 2. The Labute approximate surface area is 85.0 Å². The zero-order chi connectivity index (χ0) is 9.97. The van der Waals surface area contributed by atoms with Gasteiger partial charge >= 0.3 is 0 Å². The van der Waals surface area contributed by atoms with E-state index in [9.17, 15) is 4.79 Å². The third kappa shape index (κ3) is 1.97. The van der Waals surface area contributed by atoms with Gasteiger partial charge in [-0.2, -0.15) is 0 Å². The van der Waals surface area contributed by atoms with Crippen molar-refractivity contribution < 1.29 is 4.79 Å². The Morgan fingerprint density at radius 1 is 1.64 bits per heavy atom. The highest BCUT2D eigenvalue weighted by atomic mass is 32.1. The van der Waals surface area contributed by atoms with Crippen molar-refractivity contribution in [2.75, 3.05) is 5.32 Å². The van der Waals surface area contributed by atoms with Crippen molar-refractivity contribution in [1.82, 2.24) is 10.2 Å². The van der Waals surface area contributed by atoms with E-state index in [-0.39, 0.29) is 17.9 Å². The Bertz CT molecular complexity index is 348. The summed E-state index contributed by atoms with van der Waals surface area (Å²) in [6.07, 6.45) is 4.36. The summed E-state index contributed by atoms with van der Waals surface area (Å²) >= 11 is 1.30. The number of nitrogens with two attached hydrogens (primary N) is 1. The lowest BCUT2D eigenvalue weighted by molar-refractivity contribution is -0.118. The lowest BCUT2D eigenvalue weighted by Gasteiger charge is -2.07. The number of nitrogens with zero attached hydrogens (tertiary/aromatic N) is 2. The predicted molar refractivity (Wildman–Crippen MR) is 53.8 cm³/mol. The number of rotatable bonds is 2. The topological polar surface area (TPSA) is 80.9 Å². The normalized spacial score (nSPS) is 25.2. The van der Waals surface area contributed by atoms with Crippen molar-refractivity contribution in [2.24, 2.45) is 11.7 Å². The Morgan fingerprint density at radius 3 is 3.07 bits per heavy atom. The van der Waals surface area contributed by atoms with Crippen LogP contribution in [0.25, 0.3) is 0 Å². The summed E-state index contributed by atoms with van der Waals surface area (Å²) in [5.41, 5.74) is 7.22. The second-order valence-corrected chi connectivity index (χ2v) is 3.96. The first-order valence-corrected chi connectivity index (χ1v) is 5.14. The van der Waals surface area contributed by atoms with Crippen LogP contribution in [0.3, 0.4) is 0 Å². The van der Waals surface area contributed by atoms with E-state index in [0.717, 1.165) is 0 Å². The minimum Gasteiger partial charge on any atom is -0.324 e. The van der Waals surface area contributed by atoms with Crippen LogP contribution < -0.4 is 11.1 Å². The molecule has 1 amide bonds. The SMILES string of the molecule is NC1C=CC(C(=O)Nc2nncs2)C1. The molecule has 14 heavy (non-hydrogen) atoms. The van der Waals surface area contributed by atoms with Crippen LogP contribution in [0.15, 0.2) is 17.7 Å². The summed E-state index contributed by atoms with van der Waals surface area (Å²) in [5, 5.41) is 10.6. The predicted octanol–water partition coefficient (Wildman–Crippen LogP) is 0.380. The molecule has 1 aliphatic rings. The van der Waals surface area contributed by atoms with Crippen LogP contribution in [0.1, 0.15) is 6.42 Å². The largest absolute Gasteiger partial charge is 0.324 e. The lowest BCUT2D eigenvalue weighted by Crippen LogP contribution is -2.23. The first-order valence-electron chi connectivity index (χ1n) is 4.26. The van der Waals surface area contributed by atoms with Gasteiger partial charge < -0.3 is 11.1 Å². The van der Waals surface area contributed by atoms with Crippen molar-refractivity contribution >= 4 is 22.4 Å². The molecule has 5 nitrogen and oxygen atoms in total. The van der Waals surface area contributed by atoms with E-state index in [4.69, 9.17) is 5.73 Å². The number of anilines is 1. The molecular formula is C8H10N4OS. The molecule has 0 spiro atoms. The fourth-order valence-corrected chi connectivity index (χ4v) is 1.80. The number of carbonyl (C=O) groups excluding carboxylic acids is 1. The van der Waals surface area contributed by atoms with Crippen LogP contribution >= 0.6 is 11.3 Å². The molecule has 2 atom stereocenters. The van der Waals surface area contributed by atoms with E-state index in [0.29, 0.717) is 11.6 Å². The molecule has 1 aliphatic carbocycles. The van der Waals surface area contributed by atoms with Gasteiger partial charge in [0.05, 0.1) is 5.92 Å². The van der Waals surface area contributed by atoms with Crippen LogP contribution in [0.4, 0.5) is 5.13 Å². The van der Waals surface area contributed by atoms with Crippen molar-refractivity contribution in [2.45, 2.75) is 12.5 Å². The maximum Gasteiger partial charge on any atom is 0.233 e. The second-order valence-electron chi connectivity index (χ2n) is 3.12. The van der Waals surface area contributed by atoms with E-state index in [2.05, 4.69) is 15.5 Å². The minimum absolute atomic E-state index is 0.000157. The molecule has 0 aromatic carbocycles. The van der Waals surface area contributed by atoms with Crippen LogP contribution in [-0.4, -0.2) is 22.1 Å². The highest BCUT2D eigenvalue weighted by Gasteiger charge is 2.23. The van der Waals surface area contributed by atoms with E-state index in [1.807, 2.05) is 12.2 Å². The van der Waals surface area contributed by atoms with Gasteiger partial charge in [-0.3, -0.25) is 4.79 Å². The third-order valence-corrected chi connectivity index (χ3v) is 2.65. The Kier molecular flexibility index (Phi) is 2.55. The monoisotopic (exact) mass is 210 g/mol. The standard InChI is InChI=1S/C8H10N4OS/c9-6-2-1-5(3-6)7(13)11-8-12-10-4-14-8/h1-2,4-6H,3,9H2,(H,11,12,13). The first-order chi connectivity index (χ1) is 6.75. The van der Waals surface area contributed by atoms with Gasteiger partial charge in [0.25, 0.3) is 0 Å². The van der Waals surface area contributed by atoms with Gasteiger partial charge in [-0.25, -0.2) is 0 Å². The van der Waals surface area contributed by atoms with Gasteiger partial charge in [0.1, 0.15) is 5.51 Å². The van der Waals surface area contributed by atoms with Crippen LogP contribution in [0.5, 0.6) is 0 Å². The smallest absolute Gasteiger partial charge is 0.233 e. The fraction of sp³-hybridized carbons (Fsp3) is 0.375. The molecule has 1 aromatic rings. The van der Waals surface area contributed by atoms with E-state index in [1.54, 1.807) is 5.51 Å². The molecule has 0 fully saturated rings. The Morgan fingerprint density at radius 2 is 2.50 bits per heavy atom. The summed E-state index contributed by atoms with van der Waals surface area (Å²) < 4.78 is 0. The number of hydrogen-bond donors (Lipinski definition) is 2. The molecule has 0 bridgehead atoms. The summed E-state index contributed by atoms with van der Waals surface area (Å²) in [6.45, 7) is 0. The van der Waals surface area contributed by atoms with Gasteiger partial charge in [0.2, 0.25) is 11.0 Å². The van der Waals surface area contributed by atoms with Crippen molar-refractivity contribution in [3.63, 3.8) is 0 Å². The van der Waals surface area contributed by atoms with Crippen LogP contribution in [-0.2, 0) is 4.79 Å². The molecule has 2 unspecified atom stereocenters. The van der Waals surface area contributed by atoms with Crippen molar-refractivity contribution in [1.29, 1.82) is 0 Å². The van der Waals surface area contributed by atoms with Gasteiger partial charge in [-0.05, 0) is 6.42 Å². The lowest BCUT2D eigenvalue weighted by atomic mass is 10.1. The highest BCUT2D eigenvalue weighted by molar-refractivity contribution is 7.13. The van der Waals surface area contributed by atoms with E-state index >= 15 is 0 Å². The van der Waals surface area contributed by atoms with Gasteiger partial charge in [0.15, 0.2) is 0 Å². The summed E-state index contributed by atoms with van der Waals surface area (Å²) in [4.78, 5) is 11.6. The molecular weight excluding hydrogens is 200 g/mol. The summed E-state index contributed by atoms with van der Waals surface area (Å²) in [6, 6.07) is 0.000157. The molecule has 74 valence electrons. The molecule has 1 heterocycles. The molecule has 0 saturated carbocycles. The van der Waals surface area contributed by atoms with Crippen molar-refractivity contribution in [3.8, 4) is 0 Å². The molecule has 0 radical (unpaired) electrons. The zero-order valence-electron chi connectivity index (χ0n) is 7.38. The Hall–Kier alpha value is -1.27. The molecule has 0 aliphatic heterocycles. The van der Waals surface area contributed by atoms with Gasteiger partial charge in [0, 0.05) is 6.04 Å². The quantitative estimate of drug-likeness (QED) is 0.691. The molecule has 0 saturated heterocycles. The maximum atomic E-state index is 11.6. The first kappa shape index (κ1) is 9.29. The highest BCUT2D eigenvalue weighted by Crippen LogP contribution is 2.19. The molecule has 3 N–H and O–H groups in total. The zero-order valence-corrected chi connectivity index (χ0v) is 8.20. The molecule has 1 aromatic heterocycles. The minimum atomic E-state index is -0.131. The molecule has 6 heteroatoms. The van der Waals surface area contributed by atoms with Gasteiger partial charge in [-0.1, -0.05) is 23.5 Å². The number of amides is 1. The maximum absolute atomic E-state index is 11.6.